The summed E-state index contributed by atoms with van der Waals surface area (Å²) in [7, 11) is -3.73. The Morgan fingerprint density at radius 2 is 1.91 bits per heavy atom. The predicted octanol–water partition coefficient (Wildman–Crippen LogP) is 1.59. The van der Waals surface area contributed by atoms with Crippen LogP contribution >= 0.6 is 11.3 Å². The summed E-state index contributed by atoms with van der Waals surface area (Å²) < 4.78 is 26.7. The minimum atomic E-state index is -3.73. The highest BCUT2D eigenvalue weighted by Gasteiger charge is 2.16. The van der Waals surface area contributed by atoms with Crippen molar-refractivity contribution in [1.82, 2.24) is 19.5 Å². The maximum Gasteiger partial charge on any atom is 0.291 e. The summed E-state index contributed by atoms with van der Waals surface area (Å²) in [5.74, 6) is 0.395. The number of aryl methyl sites for hydroxylation is 2. The van der Waals surface area contributed by atoms with Gasteiger partial charge < -0.3 is 5.32 Å². The average Bonchev–Trinajstić information content (AvgIpc) is 3.26. The number of nitrogens with one attached hydrogen (secondary N) is 1. The third kappa shape index (κ3) is 4.31. The maximum atomic E-state index is 12.9. The Labute approximate surface area is 188 Å². The number of nitrogens with two attached hydrogens (primary N) is 1. The van der Waals surface area contributed by atoms with E-state index in [-0.39, 0.29) is 22.9 Å². The van der Waals surface area contributed by atoms with Gasteiger partial charge in [-0.25, -0.2) is 18.2 Å². The first-order valence-electron chi connectivity index (χ1n) is 10.1. The van der Waals surface area contributed by atoms with Crippen molar-refractivity contribution in [2.45, 2.75) is 38.1 Å². The Hall–Kier alpha value is -3.02. The minimum Gasteiger partial charge on any atom is -0.354 e. The van der Waals surface area contributed by atoms with Crippen LogP contribution in [0.25, 0.3) is 15.7 Å². The lowest BCUT2D eigenvalue weighted by molar-refractivity contribution is -0.121. The van der Waals surface area contributed by atoms with E-state index in [1.165, 1.54) is 16.8 Å². The van der Waals surface area contributed by atoms with Crippen LogP contribution in [0.4, 0.5) is 0 Å². The Morgan fingerprint density at radius 1 is 1.19 bits per heavy atom. The first kappa shape index (κ1) is 22.2. The average molecular weight is 474 g/mol. The van der Waals surface area contributed by atoms with Crippen molar-refractivity contribution in [1.29, 1.82) is 0 Å². The van der Waals surface area contributed by atoms with Crippen LogP contribution in [0.1, 0.15) is 23.2 Å². The number of hydrogen-bond donors (Lipinski definition) is 2. The highest BCUT2D eigenvalue weighted by Crippen LogP contribution is 2.28. The molecular weight excluding hydrogens is 450 g/mol. The lowest BCUT2D eigenvalue weighted by Crippen LogP contribution is -2.36. The minimum absolute atomic E-state index is 0.0401. The number of hydrogen-bond acceptors (Lipinski definition) is 6. The van der Waals surface area contributed by atoms with Gasteiger partial charge >= 0.3 is 0 Å². The Morgan fingerprint density at radius 3 is 2.56 bits per heavy atom. The molecule has 0 radical (unpaired) electrons. The van der Waals surface area contributed by atoms with E-state index in [1.807, 2.05) is 30.4 Å². The highest BCUT2D eigenvalue weighted by molar-refractivity contribution is 7.89. The van der Waals surface area contributed by atoms with Crippen molar-refractivity contribution in [3.8, 4) is 0 Å². The van der Waals surface area contributed by atoms with E-state index in [9.17, 15) is 18.0 Å². The third-order valence-corrected chi connectivity index (χ3v) is 7.07. The van der Waals surface area contributed by atoms with E-state index in [0.717, 1.165) is 26.5 Å². The normalized spacial score (nSPS) is 12.0. The van der Waals surface area contributed by atoms with Crippen molar-refractivity contribution >= 4 is 43.0 Å². The van der Waals surface area contributed by atoms with Gasteiger partial charge in [-0.05, 0) is 43.2 Å². The van der Waals surface area contributed by atoms with Crippen molar-refractivity contribution in [3.05, 3.63) is 63.0 Å². The molecule has 32 heavy (non-hydrogen) atoms. The molecule has 0 aliphatic heterocycles. The lowest BCUT2D eigenvalue weighted by Gasteiger charge is -2.10. The molecular formula is C21H23N5O4S2. The number of fused-ring (bicyclic) bond motifs is 3. The van der Waals surface area contributed by atoms with Crippen molar-refractivity contribution in [2.75, 3.05) is 6.54 Å². The molecule has 4 rings (SSSR count). The molecule has 0 fully saturated rings. The molecule has 11 heteroatoms. The summed E-state index contributed by atoms with van der Waals surface area (Å²) in [5.41, 5.74) is 2.03. The van der Waals surface area contributed by atoms with Crippen LogP contribution in [0.2, 0.25) is 0 Å². The van der Waals surface area contributed by atoms with E-state index in [2.05, 4.69) is 10.4 Å². The fourth-order valence-electron chi connectivity index (χ4n) is 3.63. The Balaban J connectivity index is 1.46. The number of nitrogens with zero attached hydrogens (tertiary/aromatic N) is 3. The topological polar surface area (TPSA) is 129 Å². The summed E-state index contributed by atoms with van der Waals surface area (Å²) in [6.07, 6.45) is 1.12. The van der Waals surface area contributed by atoms with Crippen molar-refractivity contribution < 1.29 is 13.2 Å². The lowest BCUT2D eigenvalue weighted by atomic mass is 10.1. The first-order valence-corrected chi connectivity index (χ1v) is 12.4. The van der Waals surface area contributed by atoms with Crippen molar-refractivity contribution in [3.63, 3.8) is 0 Å². The third-order valence-electron chi connectivity index (χ3n) is 5.16. The zero-order valence-electron chi connectivity index (χ0n) is 17.7. The SMILES string of the molecule is CCc1nn(CC(=O)NCCc2ccc(S(N)(=O)=O)cc2)c(=O)c2cc3sc(C)cc3n12. The van der Waals surface area contributed by atoms with Crippen LogP contribution in [0, 0.1) is 6.92 Å². The number of thiophene rings is 1. The van der Waals surface area contributed by atoms with Gasteiger partial charge in [0.2, 0.25) is 15.9 Å². The van der Waals surface area contributed by atoms with Gasteiger partial charge in [-0.1, -0.05) is 19.1 Å². The molecule has 168 valence electrons. The standard InChI is InChI=1S/C21H23N5O4S2/c1-3-19-24-25(21(28)17-11-18-16(26(17)19)10-13(2)31-18)12-20(27)23-9-8-14-4-6-15(7-5-14)32(22,29)30/h4-7,10-11H,3,8-9,12H2,1-2H3,(H,23,27)(H2,22,29,30). The number of carbonyl (C=O) groups excluding carboxylic acids is 1. The summed E-state index contributed by atoms with van der Waals surface area (Å²) in [4.78, 5) is 26.6. The number of primary sulfonamides is 1. The van der Waals surface area contributed by atoms with E-state index in [1.54, 1.807) is 23.5 Å². The molecule has 0 atom stereocenters. The molecule has 0 unspecified atom stereocenters. The van der Waals surface area contributed by atoms with E-state index >= 15 is 0 Å². The van der Waals surface area contributed by atoms with Crippen LogP contribution in [0.3, 0.4) is 0 Å². The smallest absolute Gasteiger partial charge is 0.291 e. The van der Waals surface area contributed by atoms with Gasteiger partial charge in [-0.3, -0.25) is 14.0 Å². The molecule has 0 spiro atoms. The number of amides is 1. The quantitative estimate of drug-likeness (QED) is 0.421. The zero-order chi connectivity index (χ0) is 23.0. The van der Waals surface area contributed by atoms with Crippen LogP contribution in [-0.4, -0.2) is 35.1 Å². The van der Waals surface area contributed by atoms with Gasteiger partial charge in [0.1, 0.15) is 17.9 Å². The number of benzene rings is 1. The molecule has 3 N–H and O–H groups in total. The molecule has 1 amide bonds. The molecule has 0 aliphatic rings. The van der Waals surface area contributed by atoms with Crippen molar-refractivity contribution in [2.24, 2.45) is 5.14 Å². The molecule has 0 saturated heterocycles. The largest absolute Gasteiger partial charge is 0.354 e. The van der Waals surface area contributed by atoms with Gasteiger partial charge in [-0.15, -0.1) is 11.3 Å². The zero-order valence-corrected chi connectivity index (χ0v) is 19.3. The van der Waals surface area contributed by atoms with Crippen LogP contribution in [-0.2, 0) is 34.2 Å². The van der Waals surface area contributed by atoms with Crippen LogP contribution in [0.15, 0.2) is 46.1 Å². The summed E-state index contributed by atoms with van der Waals surface area (Å²) in [5, 5.41) is 12.3. The van der Waals surface area contributed by atoms with Gasteiger partial charge in [0.05, 0.1) is 15.1 Å². The fraction of sp³-hybridized carbons (Fsp3) is 0.286. The van der Waals surface area contributed by atoms with E-state index < -0.39 is 10.0 Å². The Bertz CT molecular complexity index is 1480. The molecule has 3 heterocycles. The van der Waals surface area contributed by atoms with Crippen LogP contribution < -0.4 is 16.0 Å². The van der Waals surface area contributed by atoms with E-state index in [4.69, 9.17) is 5.14 Å². The summed E-state index contributed by atoms with van der Waals surface area (Å²) in [6.45, 7) is 4.15. The number of aromatic nitrogens is 3. The molecule has 3 aromatic heterocycles. The Kier molecular flexibility index (Phi) is 5.89. The van der Waals surface area contributed by atoms with Crippen LogP contribution in [0.5, 0.6) is 0 Å². The molecule has 4 aromatic rings. The summed E-state index contributed by atoms with van der Waals surface area (Å²) in [6, 6.07) is 10.1. The first-order chi connectivity index (χ1) is 15.2. The van der Waals surface area contributed by atoms with Gasteiger partial charge in [0.25, 0.3) is 5.56 Å². The molecule has 0 aliphatic carbocycles. The van der Waals surface area contributed by atoms with E-state index in [0.29, 0.717) is 24.9 Å². The van der Waals surface area contributed by atoms with Gasteiger partial charge in [0, 0.05) is 17.8 Å². The highest BCUT2D eigenvalue weighted by atomic mass is 32.2. The molecule has 1 aromatic carbocycles. The predicted molar refractivity (Wildman–Crippen MR) is 123 cm³/mol. The number of rotatable bonds is 7. The maximum absolute atomic E-state index is 12.9. The molecule has 9 nitrogen and oxygen atoms in total. The van der Waals surface area contributed by atoms with Gasteiger partial charge in [-0.2, -0.15) is 5.10 Å². The second-order valence-corrected chi connectivity index (χ2v) is 10.3. The molecule has 0 saturated carbocycles. The number of sulfonamides is 1. The monoisotopic (exact) mass is 473 g/mol. The summed E-state index contributed by atoms with van der Waals surface area (Å²) >= 11 is 1.62. The van der Waals surface area contributed by atoms with Gasteiger partial charge in [0.15, 0.2) is 0 Å². The fourth-order valence-corrected chi connectivity index (χ4v) is 5.09. The number of carbonyl (C=O) groups is 1. The molecule has 0 bridgehead atoms. The second kappa shape index (κ2) is 8.49. The second-order valence-electron chi connectivity index (χ2n) is 7.49.